The van der Waals surface area contributed by atoms with Crippen molar-refractivity contribution in [3.05, 3.63) is 95.8 Å². The lowest BCUT2D eigenvalue weighted by atomic mass is 9.89. The van der Waals surface area contributed by atoms with Crippen LogP contribution < -0.4 is 10.6 Å². The van der Waals surface area contributed by atoms with Gasteiger partial charge in [0, 0.05) is 49.2 Å². The number of anilines is 1. The third-order valence-corrected chi connectivity index (χ3v) is 5.53. The van der Waals surface area contributed by atoms with E-state index in [1.54, 1.807) is 12.4 Å². The van der Waals surface area contributed by atoms with E-state index in [2.05, 4.69) is 15.6 Å². The Labute approximate surface area is 182 Å². The summed E-state index contributed by atoms with van der Waals surface area (Å²) in [6, 6.07) is 20.9. The van der Waals surface area contributed by atoms with E-state index >= 15 is 0 Å². The van der Waals surface area contributed by atoms with Gasteiger partial charge in [-0.3, -0.25) is 9.78 Å². The molecule has 3 aromatic rings. The van der Waals surface area contributed by atoms with Crippen molar-refractivity contribution in [2.75, 3.05) is 18.4 Å². The average molecular weight is 415 g/mol. The number of hydrogen-bond donors (Lipinski definition) is 2. The van der Waals surface area contributed by atoms with Gasteiger partial charge in [-0.05, 0) is 54.3 Å². The van der Waals surface area contributed by atoms with Gasteiger partial charge in [-0.25, -0.2) is 4.79 Å². The lowest BCUT2D eigenvalue weighted by Crippen LogP contribution is -2.41. The fraction of sp³-hybridized carbons (Fsp3) is 0.240. The van der Waals surface area contributed by atoms with Crippen molar-refractivity contribution in [3.63, 3.8) is 0 Å². The Kier molecular flexibility index (Phi) is 6.57. The first-order valence-corrected chi connectivity index (χ1v) is 10.6. The van der Waals surface area contributed by atoms with Crippen LogP contribution in [0.2, 0.25) is 0 Å². The minimum absolute atomic E-state index is 0.0822. The minimum atomic E-state index is -0.111. The van der Waals surface area contributed by atoms with Crippen LogP contribution in [0.25, 0.3) is 0 Å². The summed E-state index contributed by atoms with van der Waals surface area (Å²) in [5.41, 5.74) is 3.47. The van der Waals surface area contributed by atoms with Crippen LogP contribution in [0.1, 0.15) is 40.2 Å². The molecule has 158 valence electrons. The number of carbonyl (C=O) groups is 2. The number of para-hydroxylation sites is 1. The van der Waals surface area contributed by atoms with Gasteiger partial charge in [0.05, 0.1) is 0 Å². The summed E-state index contributed by atoms with van der Waals surface area (Å²) in [7, 11) is 0. The Balaban J connectivity index is 1.38. The smallest absolute Gasteiger partial charge is 0.321 e. The summed E-state index contributed by atoms with van der Waals surface area (Å²) in [6.45, 7) is 1.81. The maximum atomic E-state index is 12.7. The maximum Gasteiger partial charge on any atom is 0.321 e. The summed E-state index contributed by atoms with van der Waals surface area (Å²) in [5, 5.41) is 5.91. The van der Waals surface area contributed by atoms with E-state index in [9.17, 15) is 9.59 Å². The summed E-state index contributed by atoms with van der Waals surface area (Å²) in [4.78, 5) is 31.2. The number of nitrogens with zero attached hydrogens (tertiary/aromatic N) is 2. The summed E-state index contributed by atoms with van der Waals surface area (Å²) in [6.07, 6.45) is 5.39. The van der Waals surface area contributed by atoms with Crippen LogP contribution in [0, 0.1) is 0 Å². The number of piperidine rings is 1. The van der Waals surface area contributed by atoms with E-state index in [4.69, 9.17) is 0 Å². The van der Waals surface area contributed by atoms with Crippen LogP contribution in [0.5, 0.6) is 0 Å². The van der Waals surface area contributed by atoms with E-state index in [0.717, 1.165) is 36.2 Å². The van der Waals surface area contributed by atoms with Gasteiger partial charge in [-0.15, -0.1) is 0 Å². The second-order valence-corrected chi connectivity index (χ2v) is 7.75. The van der Waals surface area contributed by atoms with E-state index in [1.807, 2.05) is 71.6 Å². The Morgan fingerprint density at radius 2 is 1.90 bits per heavy atom. The van der Waals surface area contributed by atoms with Crippen molar-refractivity contribution in [3.8, 4) is 0 Å². The zero-order valence-electron chi connectivity index (χ0n) is 17.3. The molecule has 1 fully saturated rings. The normalized spacial score (nSPS) is 15.9. The molecule has 1 atom stereocenters. The lowest BCUT2D eigenvalue weighted by molar-refractivity contribution is 0.0950. The van der Waals surface area contributed by atoms with E-state index in [-0.39, 0.29) is 17.9 Å². The van der Waals surface area contributed by atoms with E-state index < -0.39 is 0 Å². The molecule has 3 amide bonds. The van der Waals surface area contributed by atoms with Crippen LogP contribution in [0.3, 0.4) is 0 Å². The van der Waals surface area contributed by atoms with Crippen LogP contribution in [0.4, 0.5) is 10.5 Å². The molecule has 1 unspecified atom stereocenters. The maximum absolute atomic E-state index is 12.7. The van der Waals surface area contributed by atoms with Gasteiger partial charge in [-0.1, -0.05) is 36.4 Å². The molecule has 1 aliphatic rings. The number of hydrogen-bond acceptors (Lipinski definition) is 3. The van der Waals surface area contributed by atoms with Crippen molar-refractivity contribution in [1.82, 2.24) is 15.2 Å². The molecule has 0 aliphatic carbocycles. The number of likely N-dealkylation sites (tertiary alicyclic amines) is 1. The summed E-state index contributed by atoms with van der Waals surface area (Å²) < 4.78 is 0. The number of pyridine rings is 1. The first-order chi connectivity index (χ1) is 15.2. The van der Waals surface area contributed by atoms with Crippen molar-refractivity contribution in [2.24, 2.45) is 0 Å². The Morgan fingerprint density at radius 3 is 2.71 bits per heavy atom. The standard InChI is InChI=1S/C25H26N4O2/c30-24(27-17-19-7-5-13-26-16-19)21-9-4-8-20(15-21)22-10-6-14-29(18-22)25(31)28-23-11-2-1-3-12-23/h1-5,7-9,11-13,15-16,22H,6,10,14,17-18H2,(H,27,30)(H,28,31). The highest BCUT2D eigenvalue weighted by atomic mass is 16.2. The number of carbonyl (C=O) groups excluding carboxylic acids is 2. The molecule has 2 heterocycles. The number of rotatable bonds is 5. The molecule has 1 aromatic heterocycles. The van der Waals surface area contributed by atoms with E-state index in [1.165, 1.54) is 0 Å². The number of amides is 3. The molecule has 0 bridgehead atoms. The zero-order chi connectivity index (χ0) is 21.5. The molecule has 0 spiro atoms. The number of nitrogens with one attached hydrogen (secondary N) is 2. The average Bonchev–Trinajstić information content (AvgIpc) is 2.84. The van der Waals surface area contributed by atoms with E-state index in [0.29, 0.717) is 18.7 Å². The van der Waals surface area contributed by atoms with Crippen LogP contribution in [-0.2, 0) is 6.54 Å². The minimum Gasteiger partial charge on any atom is -0.348 e. The Hall–Kier alpha value is -3.67. The monoisotopic (exact) mass is 414 g/mol. The van der Waals surface area contributed by atoms with Gasteiger partial charge in [0.1, 0.15) is 0 Å². The van der Waals surface area contributed by atoms with Crippen molar-refractivity contribution >= 4 is 17.6 Å². The topological polar surface area (TPSA) is 74.3 Å². The van der Waals surface area contributed by atoms with Gasteiger partial charge in [0.15, 0.2) is 0 Å². The van der Waals surface area contributed by atoms with Crippen molar-refractivity contribution in [2.45, 2.75) is 25.3 Å². The molecule has 0 saturated carbocycles. The third kappa shape index (κ3) is 5.48. The molecule has 1 aliphatic heterocycles. The SMILES string of the molecule is O=C(NCc1cccnc1)c1cccc(C2CCCN(C(=O)Nc3ccccc3)C2)c1. The van der Waals surface area contributed by atoms with Crippen molar-refractivity contribution in [1.29, 1.82) is 0 Å². The second-order valence-electron chi connectivity index (χ2n) is 7.75. The van der Waals surface area contributed by atoms with Gasteiger partial charge in [0.2, 0.25) is 0 Å². The van der Waals surface area contributed by atoms with Gasteiger partial charge < -0.3 is 15.5 Å². The number of benzene rings is 2. The molecule has 2 N–H and O–H groups in total. The number of urea groups is 1. The Morgan fingerprint density at radius 1 is 1.03 bits per heavy atom. The molecule has 1 saturated heterocycles. The van der Waals surface area contributed by atoms with Gasteiger partial charge in [-0.2, -0.15) is 0 Å². The molecular weight excluding hydrogens is 388 g/mol. The largest absolute Gasteiger partial charge is 0.348 e. The van der Waals surface area contributed by atoms with Gasteiger partial charge in [0.25, 0.3) is 5.91 Å². The highest BCUT2D eigenvalue weighted by Crippen LogP contribution is 2.28. The second kappa shape index (κ2) is 9.89. The fourth-order valence-electron chi connectivity index (χ4n) is 3.88. The zero-order valence-corrected chi connectivity index (χ0v) is 17.3. The molecule has 4 rings (SSSR count). The quantitative estimate of drug-likeness (QED) is 0.649. The predicted octanol–water partition coefficient (Wildman–Crippen LogP) is 4.42. The molecule has 0 radical (unpaired) electrons. The van der Waals surface area contributed by atoms with Gasteiger partial charge >= 0.3 is 6.03 Å². The van der Waals surface area contributed by atoms with Crippen molar-refractivity contribution < 1.29 is 9.59 Å². The van der Waals surface area contributed by atoms with Crippen LogP contribution in [-0.4, -0.2) is 34.9 Å². The highest BCUT2D eigenvalue weighted by molar-refractivity contribution is 5.94. The molecule has 2 aromatic carbocycles. The fourth-order valence-corrected chi connectivity index (χ4v) is 3.88. The first kappa shape index (κ1) is 20.6. The molecular formula is C25H26N4O2. The highest BCUT2D eigenvalue weighted by Gasteiger charge is 2.25. The first-order valence-electron chi connectivity index (χ1n) is 10.6. The predicted molar refractivity (Wildman–Crippen MR) is 121 cm³/mol. The number of aromatic nitrogens is 1. The molecule has 6 nitrogen and oxygen atoms in total. The third-order valence-electron chi connectivity index (χ3n) is 5.53. The summed E-state index contributed by atoms with van der Waals surface area (Å²) >= 11 is 0. The molecule has 31 heavy (non-hydrogen) atoms. The Bertz CT molecular complexity index is 1020. The summed E-state index contributed by atoms with van der Waals surface area (Å²) in [5.74, 6) is 0.0986. The molecule has 6 heteroatoms. The lowest BCUT2D eigenvalue weighted by Gasteiger charge is -2.33. The van der Waals surface area contributed by atoms with Crippen LogP contribution in [0.15, 0.2) is 79.1 Å². The van der Waals surface area contributed by atoms with Crippen LogP contribution >= 0.6 is 0 Å².